The third-order valence-electron chi connectivity index (χ3n) is 3.63. The van der Waals surface area contributed by atoms with E-state index in [-0.39, 0.29) is 11.7 Å². The van der Waals surface area contributed by atoms with Crippen LogP contribution in [0, 0.1) is 0 Å². The minimum Gasteiger partial charge on any atom is -0.347 e. The number of anilines is 2. The molecule has 1 aromatic heterocycles. The summed E-state index contributed by atoms with van der Waals surface area (Å²) in [6.45, 7) is 3.53. The molecule has 1 aliphatic heterocycles. The molecule has 6 nitrogen and oxygen atoms in total. The fourth-order valence-corrected chi connectivity index (χ4v) is 4.24. The van der Waals surface area contributed by atoms with Crippen molar-refractivity contribution >= 4 is 45.6 Å². The van der Waals surface area contributed by atoms with E-state index in [1.807, 2.05) is 0 Å². The zero-order chi connectivity index (χ0) is 16.9. The van der Waals surface area contributed by atoms with Gasteiger partial charge in [-0.15, -0.1) is 10.2 Å². The molecule has 24 heavy (non-hydrogen) atoms. The summed E-state index contributed by atoms with van der Waals surface area (Å²) < 4.78 is 0.820. The topological polar surface area (TPSA) is 75.2 Å². The summed E-state index contributed by atoms with van der Waals surface area (Å²) in [5.41, 5.74) is 1.31. The minimum atomic E-state index is -0.130. The van der Waals surface area contributed by atoms with Crippen LogP contribution in [0.4, 0.5) is 10.8 Å². The zero-order valence-corrected chi connectivity index (χ0v) is 15.0. The van der Waals surface area contributed by atoms with Gasteiger partial charge in [-0.25, -0.2) is 0 Å². The number of nitrogens with zero attached hydrogens (tertiary/aromatic N) is 3. The van der Waals surface area contributed by atoms with Gasteiger partial charge in [0.15, 0.2) is 10.1 Å². The molecule has 1 fully saturated rings. The summed E-state index contributed by atoms with van der Waals surface area (Å²) in [6.07, 6.45) is 2.41. The summed E-state index contributed by atoms with van der Waals surface area (Å²) in [5, 5.41) is 12.0. The fraction of sp³-hybridized carbons (Fsp3) is 0.375. The Labute approximate surface area is 148 Å². The van der Waals surface area contributed by atoms with Gasteiger partial charge in [-0.05, 0) is 37.1 Å². The van der Waals surface area contributed by atoms with Crippen molar-refractivity contribution in [2.75, 3.05) is 29.1 Å². The van der Waals surface area contributed by atoms with E-state index in [1.165, 1.54) is 31.5 Å². The van der Waals surface area contributed by atoms with Crippen molar-refractivity contribution in [2.45, 2.75) is 24.1 Å². The highest BCUT2D eigenvalue weighted by Gasteiger charge is 2.17. The second-order valence-corrected chi connectivity index (χ2v) is 7.69. The fourth-order valence-electron chi connectivity index (χ4n) is 2.45. The van der Waals surface area contributed by atoms with E-state index in [4.69, 9.17) is 0 Å². The van der Waals surface area contributed by atoms with Crippen LogP contribution in [0.3, 0.4) is 0 Å². The molecule has 1 aliphatic rings. The van der Waals surface area contributed by atoms with Gasteiger partial charge in [-0.3, -0.25) is 9.59 Å². The molecule has 0 bridgehead atoms. The molecule has 2 aromatic rings. The van der Waals surface area contributed by atoms with Crippen molar-refractivity contribution in [3.8, 4) is 0 Å². The van der Waals surface area contributed by atoms with Gasteiger partial charge in [0.05, 0.1) is 5.75 Å². The van der Waals surface area contributed by atoms with Crippen molar-refractivity contribution in [2.24, 2.45) is 0 Å². The molecule has 0 atom stereocenters. The van der Waals surface area contributed by atoms with E-state index in [2.05, 4.69) is 20.4 Å². The Balaban J connectivity index is 1.54. The van der Waals surface area contributed by atoms with Gasteiger partial charge in [-0.2, -0.15) is 0 Å². The third kappa shape index (κ3) is 4.33. The summed E-state index contributed by atoms with van der Waals surface area (Å²) in [7, 11) is 0. The maximum atomic E-state index is 12.3. The first-order chi connectivity index (χ1) is 11.6. The van der Waals surface area contributed by atoms with Crippen molar-refractivity contribution in [1.82, 2.24) is 10.2 Å². The Bertz CT molecular complexity index is 724. The molecule has 2 heterocycles. The maximum Gasteiger partial charge on any atom is 0.221 e. The summed E-state index contributed by atoms with van der Waals surface area (Å²) in [4.78, 5) is 25.5. The highest BCUT2D eigenvalue weighted by atomic mass is 32.2. The largest absolute Gasteiger partial charge is 0.347 e. The van der Waals surface area contributed by atoms with Crippen LogP contribution < -0.4 is 10.2 Å². The minimum absolute atomic E-state index is 0.0345. The lowest BCUT2D eigenvalue weighted by Gasteiger charge is -2.10. The lowest BCUT2D eigenvalue weighted by molar-refractivity contribution is -0.114. The van der Waals surface area contributed by atoms with Gasteiger partial charge in [-0.1, -0.05) is 23.1 Å². The molecule has 0 spiro atoms. The lowest BCUT2D eigenvalue weighted by Crippen LogP contribution is -2.17. The van der Waals surface area contributed by atoms with E-state index in [1.54, 1.807) is 35.6 Å². The zero-order valence-electron chi connectivity index (χ0n) is 13.3. The standard InChI is InChI=1S/C16H18N4O2S2/c1-11(21)17-13-6-4-12(5-7-13)14(22)10-23-16-19-18-15(24-16)20-8-2-3-9-20/h4-7H,2-3,8-10H2,1H3,(H,17,21). The number of nitrogens with one attached hydrogen (secondary N) is 1. The molecule has 8 heteroatoms. The SMILES string of the molecule is CC(=O)Nc1ccc(C(=O)CSc2nnc(N3CCCC3)s2)cc1. The average molecular weight is 362 g/mol. The molecule has 0 unspecified atom stereocenters. The number of hydrogen-bond acceptors (Lipinski definition) is 7. The molecule has 1 N–H and O–H groups in total. The van der Waals surface area contributed by atoms with E-state index in [0.717, 1.165) is 22.6 Å². The van der Waals surface area contributed by atoms with Crippen molar-refractivity contribution < 1.29 is 9.59 Å². The van der Waals surface area contributed by atoms with Gasteiger partial charge in [0.2, 0.25) is 11.0 Å². The lowest BCUT2D eigenvalue weighted by atomic mass is 10.1. The first-order valence-corrected chi connectivity index (χ1v) is 9.54. The molecular formula is C16H18N4O2S2. The number of thioether (sulfide) groups is 1. The number of aromatic nitrogens is 2. The number of hydrogen-bond donors (Lipinski definition) is 1. The van der Waals surface area contributed by atoms with E-state index in [0.29, 0.717) is 17.0 Å². The smallest absolute Gasteiger partial charge is 0.221 e. The third-order valence-corrected chi connectivity index (χ3v) is 5.74. The van der Waals surface area contributed by atoms with Crippen LogP contribution >= 0.6 is 23.1 Å². The van der Waals surface area contributed by atoms with Gasteiger partial charge < -0.3 is 10.2 Å². The molecule has 1 aromatic carbocycles. The average Bonchev–Trinajstić information content (AvgIpc) is 3.24. The molecule has 0 saturated carbocycles. The van der Waals surface area contributed by atoms with Crippen LogP contribution in [0.15, 0.2) is 28.6 Å². The van der Waals surface area contributed by atoms with E-state index in [9.17, 15) is 9.59 Å². The molecular weight excluding hydrogens is 344 g/mol. The second kappa shape index (κ2) is 7.76. The van der Waals surface area contributed by atoms with Crippen LogP contribution in [-0.2, 0) is 4.79 Å². The van der Waals surface area contributed by atoms with Crippen molar-refractivity contribution in [3.63, 3.8) is 0 Å². The molecule has 0 radical (unpaired) electrons. The van der Waals surface area contributed by atoms with Crippen LogP contribution in [0.5, 0.6) is 0 Å². The molecule has 126 valence electrons. The Kier molecular flexibility index (Phi) is 5.47. The Morgan fingerprint density at radius 1 is 1.21 bits per heavy atom. The quantitative estimate of drug-likeness (QED) is 0.629. The van der Waals surface area contributed by atoms with Gasteiger partial charge in [0, 0.05) is 31.3 Å². The van der Waals surface area contributed by atoms with Gasteiger partial charge >= 0.3 is 0 Å². The maximum absolute atomic E-state index is 12.3. The van der Waals surface area contributed by atoms with Gasteiger partial charge in [0.1, 0.15) is 0 Å². The predicted octanol–water partition coefficient (Wildman–Crippen LogP) is 3.07. The number of Topliss-reactive ketones (excluding diaryl/α,β-unsaturated/α-hetero) is 1. The summed E-state index contributed by atoms with van der Waals surface area (Å²) >= 11 is 2.96. The highest BCUT2D eigenvalue weighted by molar-refractivity contribution is 8.01. The molecule has 1 amide bonds. The van der Waals surface area contributed by atoms with Crippen molar-refractivity contribution in [1.29, 1.82) is 0 Å². The van der Waals surface area contributed by atoms with Crippen LogP contribution in [-0.4, -0.2) is 40.7 Å². The normalized spacial score (nSPS) is 14.0. The van der Waals surface area contributed by atoms with Crippen LogP contribution in [0.2, 0.25) is 0 Å². The van der Waals surface area contributed by atoms with E-state index >= 15 is 0 Å². The molecule has 1 saturated heterocycles. The number of carbonyl (C=O) groups is 2. The van der Waals surface area contributed by atoms with Crippen LogP contribution in [0.1, 0.15) is 30.1 Å². The monoisotopic (exact) mass is 362 g/mol. The summed E-state index contributed by atoms with van der Waals surface area (Å²) in [5.74, 6) is 0.232. The Morgan fingerprint density at radius 3 is 2.58 bits per heavy atom. The predicted molar refractivity (Wildman–Crippen MR) is 97.2 cm³/mol. The van der Waals surface area contributed by atoms with Gasteiger partial charge in [0.25, 0.3) is 0 Å². The second-order valence-electron chi connectivity index (χ2n) is 5.52. The summed E-state index contributed by atoms with van der Waals surface area (Å²) in [6, 6.07) is 6.92. The number of ketones is 1. The highest BCUT2D eigenvalue weighted by Crippen LogP contribution is 2.30. The number of amides is 1. The number of carbonyl (C=O) groups excluding carboxylic acids is 2. The number of benzene rings is 1. The Hall–Kier alpha value is -1.93. The molecule has 0 aliphatic carbocycles. The van der Waals surface area contributed by atoms with Crippen molar-refractivity contribution in [3.05, 3.63) is 29.8 Å². The van der Waals surface area contributed by atoms with Crippen LogP contribution in [0.25, 0.3) is 0 Å². The molecule has 3 rings (SSSR count). The first kappa shape index (κ1) is 16.9. The Morgan fingerprint density at radius 2 is 1.92 bits per heavy atom. The first-order valence-electron chi connectivity index (χ1n) is 7.74. The van der Waals surface area contributed by atoms with E-state index < -0.39 is 0 Å². The number of rotatable bonds is 6.